The maximum atomic E-state index is 12.3. The van der Waals surface area contributed by atoms with Crippen LogP contribution in [0.15, 0.2) is 60.9 Å². The van der Waals surface area contributed by atoms with E-state index in [1.165, 1.54) is 12.4 Å². The zero-order chi connectivity index (χ0) is 16.2. The molecule has 114 valence electrons. The third-order valence-electron chi connectivity index (χ3n) is 3.41. The monoisotopic (exact) mass is 323 g/mol. The molecule has 0 saturated carbocycles. The first-order valence-corrected chi connectivity index (χ1v) is 7.46. The highest BCUT2D eigenvalue weighted by Crippen LogP contribution is 2.18. The highest BCUT2D eigenvalue weighted by molar-refractivity contribution is 6.30. The fourth-order valence-corrected chi connectivity index (χ4v) is 2.23. The van der Waals surface area contributed by atoms with E-state index in [-0.39, 0.29) is 5.91 Å². The summed E-state index contributed by atoms with van der Waals surface area (Å²) < 4.78 is 0. The first-order valence-electron chi connectivity index (χ1n) is 7.08. The molecule has 3 rings (SSSR count). The van der Waals surface area contributed by atoms with Gasteiger partial charge in [-0.1, -0.05) is 29.8 Å². The molecule has 0 bridgehead atoms. The summed E-state index contributed by atoms with van der Waals surface area (Å²) in [6.07, 6.45) is 3.04. The van der Waals surface area contributed by atoms with Gasteiger partial charge in [-0.15, -0.1) is 0 Å². The normalized spacial score (nSPS) is 10.3. The third-order valence-corrected chi connectivity index (χ3v) is 3.66. The van der Waals surface area contributed by atoms with Crippen LogP contribution in [0.4, 0.5) is 5.69 Å². The molecule has 1 N–H and O–H groups in total. The van der Waals surface area contributed by atoms with Gasteiger partial charge in [-0.2, -0.15) is 0 Å². The third kappa shape index (κ3) is 3.55. The maximum Gasteiger partial charge on any atom is 0.258 e. The zero-order valence-corrected chi connectivity index (χ0v) is 13.2. The van der Waals surface area contributed by atoms with Crippen LogP contribution in [-0.2, 0) is 0 Å². The van der Waals surface area contributed by atoms with Crippen molar-refractivity contribution in [1.29, 1.82) is 0 Å². The van der Waals surface area contributed by atoms with Gasteiger partial charge in [-0.05, 0) is 42.8 Å². The lowest BCUT2D eigenvalue weighted by atomic mass is 10.2. The van der Waals surface area contributed by atoms with Crippen molar-refractivity contribution >= 4 is 23.2 Å². The van der Waals surface area contributed by atoms with E-state index in [1.807, 2.05) is 43.3 Å². The number of aromatic nitrogens is 2. The van der Waals surface area contributed by atoms with Gasteiger partial charge < -0.3 is 5.32 Å². The smallest absolute Gasteiger partial charge is 0.258 e. The molecule has 4 nitrogen and oxygen atoms in total. The molecule has 1 heterocycles. The lowest BCUT2D eigenvalue weighted by molar-refractivity contribution is 0.102. The molecule has 0 atom stereocenters. The van der Waals surface area contributed by atoms with Crippen molar-refractivity contribution in [3.8, 4) is 11.4 Å². The minimum absolute atomic E-state index is 0.234. The second-order valence-corrected chi connectivity index (χ2v) is 5.51. The Morgan fingerprint density at radius 2 is 1.65 bits per heavy atom. The molecule has 23 heavy (non-hydrogen) atoms. The Kier molecular flexibility index (Phi) is 4.35. The Balaban J connectivity index is 1.78. The van der Waals surface area contributed by atoms with Crippen LogP contribution >= 0.6 is 11.6 Å². The van der Waals surface area contributed by atoms with Crippen molar-refractivity contribution < 1.29 is 4.79 Å². The van der Waals surface area contributed by atoms with Crippen molar-refractivity contribution in [3.63, 3.8) is 0 Å². The van der Waals surface area contributed by atoms with Gasteiger partial charge in [0, 0.05) is 28.7 Å². The van der Waals surface area contributed by atoms with Crippen LogP contribution in [0.3, 0.4) is 0 Å². The van der Waals surface area contributed by atoms with Gasteiger partial charge in [0.1, 0.15) is 0 Å². The zero-order valence-electron chi connectivity index (χ0n) is 12.5. The van der Waals surface area contributed by atoms with Crippen LogP contribution in [0, 0.1) is 6.92 Å². The number of halogens is 1. The number of aryl methyl sites for hydroxylation is 1. The fraction of sp³-hybridized carbons (Fsp3) is 0.0556. The predicted octanol–water partition coefficient (Wildman–Crippen LogP) is 4.36. The quantitative estimate of drug-likeness (QED) is 0.779. The van der Waals surface area contributed by atoms with Crippen LogP contribution in [0.2, 0.25) is 5.02 Å². The van der Waals surface area contributed by atoms with E-state index < -0.39 is 0 Å². The molecule has 1 amide bonds. The Hall–Kier alpha value is -2.72. The number of anilines is 1. The van der Waals surface area contributed by atoms with E-state index in [2.05, 4.69) is 15.3 Å². The van der Waals surface area contributed by atoms with Gasteiger partial charge in [0.15, 0.2) is 5.82 Å². The number of benzene rings is 2. The summed E-state index contributed by atoms with van der Waals surface area (Å²) in [5.41, 5.74) is 3.03. The fourth-order valence-electron chi connectivity index (χ4n) is 2.10. The summed E-state index contributed by atoms with van der Waals surface area (Å²) in [5.74, 6) is 0.316. The Morgan fingerprint density at radius 3 is 2.30 bits per heavy atom. The number of amides is 1. The molecular formula is C18H14ClN3O. The summed E-state index contributed by atoms with van der Waals surface area (Å²) in [6, 6.07) is 14.8. The van der Waals surface area contributed by atoms with Crippen LogP contribution in [0.5, 0.6) is 0 Å². The number of hydrogen-bond acceptors (Lipinski definition) is 3. The van der Waals surface area contributed by atoms with Crippen molar-refractivity contribution in [1.82, 2.24) is 9.97 Å². The van der Waals surface area contributed by atoms with Gasteiger partial charge in [0.05, 0.1) is 5.56 Å². The van der Waals surface area contributed by atoms with Gasteiger partial charge in [-0.25, -0.2) is 9.97 Å². The minimum atomic E-state index is -0.234. The topological polar surface area (TPSA) is 54.9 Å². The van der Waals surface area contributed by atoms with Gasteiger partial charge in [0.25, 0.3) is 5.91 Å². The molecular weight excluding hydrogens is 310 g/mol. The Bertz CT molecular complexity index is 830. The highest BCUT2D eigenvalue weighted by Gasteiger charge is 2.09. The molecule has 0 aliphatic rings. The number of nitrogens with one attached hydrogen (secondary N) is 1. The lowest BCUT2D eigenvalue weighted by Gasteiger charge is -2.08. The summed E-state index contributed by atoms with van der Waals surface area (Å²) in [5, 5.41) is 3.51. The number of hydrogen-bond donors (Lipinski definition) is 1. The van der Waals surface area contributed by atoms with Crippen LogP contribution in [0.25, 0.3) is 11.4 Å². The van der Waals surface area contributed by atoms with Gasteiger partial charge in [0.2, 0.25) is 0 Å². The van der Waals surface area contributed by atoms with E-state index in [0.717, 1.165) is 16.8 Å². The molecule has 0 aliphatic carbocycles. The van der Waals surface area contributed by atoms with Gasteiger partial charge >= 0.3 is 0 Å². The molecule has 5 heteroatoms. The number of para-hydroxylation sites is 1. The second kappa shape index (κ2) is 6.58. The Labute approximate surface area is 139 Å². The van der Waals surface area contributed by atoms with Crippen molar-refractivity contribution in [3.05, 3.63) is 77.1 Å². The SMILES string of the molecule is Cc1ccccc1NC(=O)c1cnc(-c2ccc(Cl)cc2)nc1. The highest BCUT2D eigenvalue weighted by atomic mass is 35.5. The number of carbonyl (C=O) groups excluding carboxylic acids is 1. The van der Waals surface area contributed by atoms with E-state index in [1.54, 1.807) is 12.1 Å². The number of nitrogens with zero attached hydrogens (tertiary/aromatic N) is 2. The van der Waals surface area contributed by atoms with Crippen LogP contribution in [-0.4, -0.2) is 15.9 Å². The molecule has 2 aromatic carbocycles. The first-order chi connectivity index (χ1) is 11.1. The average molecular weight is 324 g/mol. The summed E-state index contributed by atoms with van der Waals surface area (Å²) in [7, 11) is 0. The molecule has 0 saturated heterocycles. The molecule has 0 fully saturated rings. The summed E-state index contributed by atoms with van der Waals surface area (Å²) in [6.45, 7) is 1.94. The largest absolute Gasteiger partial charge is 0.322 e. The molecule has 1 aromatic heterocycles. The predicted molar refractivity (Wildman–Crippen MR) is 91.6 cm³/mol. The molecule has 0 spiro atoms. The van der Waals surface area contributed by atoms with E-state index in [9.17, 15) is 4.79 Å². The molecule has 0 aliphatic heterocycles. The molecule has 0 radical (unpaired) electrons. The summed E-state index contributed by atoms with van der Waals surface area (Å²) in [4.78, 5) is 20.7. The number of carbonyl (C=O) groups is 1. The van der Waals surface area contributed by atoms with E-state index in [0.29, 0.717) is 16.4 Å². The standard InChI is InChI=1S/C18H14ClN3O/c1-12-4-2-3-5-16(12)22-18(23)14-10-20-17(21-11-14)13-6-8-15(19)9-7-13/h2-11H,1H3,(H,22,23). The molecule has 0 unspecified atom stereocenters. The van der Waals surface area contributed by atoms with Crippen molar-refractivity contribution in [2.24, 2.45) is 0 Å². The van der Waals surface area contributed by atoms with Crippen molar-refractivity contribution in [2.45, 2.75) is 6.92 Å². The minimum Gasteiger partial charge on any atom is -0.322 e. The van der Waals surface area contributed by atoms with E-state index >= 15 is 0 Å². The average Bonchev–Trinajstić information content (AvgIpc) is 2.58. The Morgan fingerprint density at radius 1 is 1.00 bits per heavy atom. The van der Waals surface area contributed by atoms with Gasteiger partial charge in [-0.3, -0.25) is 4.79 Å². The second-order valence-electron chi connectivity index (χ2n) is 5.07. The van der Waals surface area contributed by atoms with Crippen molar-refractivity contribution in [2.75, 3.05) is 5.32 Å². The lowest BCUT2D eigenvalue weighted by Crippen LogP contribution is -2.13. The van der Waals surface area contributed by atoms with E-state index in [4.69, 9.17) is 11.6 Å². The number of rotatable bonds is 3. The van der Waals surface area contributed by atoms with Crippen LogP contribution < -0.4 is 5.32 Å². The molecule has 3 aromatic rings. The van der Waals surface area contributed by atoms with Crippen LogP contribution in [0.1, 0.15) is 15.9 Å². The maximum absolute atomic E-state index is 12.3. The summed E-state index contributed by atoms with van der Waals surface area (Å²) >= 11 is 5.86. The first kappa shape index (κ1) is 15.2.